The Balaban J connectivity index is 1.30. The summed E-state index contributed by atoms with van der Waals surface area (Å²) in [6.07, 6.45) is 4.00. The SMILES string of the molecule is Cc1cccc(C(=O)NCCCC(=O)N2Cc3ccccc3C2)c1NC(=O)c1ccncc1. The van der Waals surface area contributed by atoms with Gasteiger partial charge in [0.25, 0.3) is 11.8 Å². The van der Waals surface area contributed by atoms with E-state index < -0.39 is 0 Å². The summed E-state index contributed by atoms with van der Waals surface area (Å²) in [6.45, 7) is 3.50. The number of aryl methyl sites for hydroxylation is 1. The van der Waals surface area contributed by atoms with E-state index in [0.29, 0.717) is 49.3 Å². The van der Waals surface area contributed by atoms with E-state index in [1.165, 1.54) is 11.1 Å². The zero-order chi connectivity index (χ0) is 23.2. The molecular weight excluding hydrogens is 416 g/mol. The van der Waals surface area contributed by atoms with Gasteiger partial charge in [-0.1, -0.05) is 36.4 Å². The molecule has 0 bridgehead atoms. The first kappa shape index (κ1) is 22.2. The fraction of sp³-hybridized carbons (Fsp3) is 0.231. The Kier molecular flexibility index (Phi) is 6.78. The van der Waals surface area contributed by atoms with Crippen molar-refractivity contribution in [3.8, 4) is 0 Å². The Labute approximate surface area is 192 Å². The summed E-state index contributed by atoms with van der Waals surface area (Å²) in [5, 5.41) is 5.71. The summed E-state index contributed by atoms with van der Waals surface area (Å²) in [7, 11) is 0. The number of rotatable bonds is 7. The quantitative estimate of drug-likeness (QED) is 0.546. The number of carbonyl (C=O) groups excluding carboxylic acids is 3. The molecule has 0 saturated carbocycles. The molecule has 4 rings (SSSR count). The topological polar surface area (TPSA) is 91.4 Å². The van der Waals surface area contributed by atoms with Crippen molar-refractivity contribution in [2.24, 2.45) is 0 Å². The van der Waals surface area contributed by atoms with Crippen LogP contribution in [0.1, 0.15) is 50.2 Å². The van der Waals surface area contributed by atoms with Gasteiger partial charge < -0.3 is 15.5 Å². The first-order valence-electron chi connectivity index (χ1n) is 11.0. The van der Waals surface area contributed by atoms with Crippen molar-refractivity contribution in [1.29, 1.82) is 0 Å². The van der Waals surface area contributed by atoms with E-state index in [4.69, 9.17) is 0 Å². The van der Waals surface area contributed by atoms with Crippen molar-refractivity contribution < 1.29 is 14.4 Å². The second kappa shape index (κ2) is 10.1. The number of benzene rings is 2. The second-order valence-corrected chi connectivity index (χ2v) is 8.07. The molecule has 0 aliphatic carbocycles. The molecule has 0 unspecified atom stereocenters. The lowest BCUT2D eigenvalue weighted by molar-refractivity contribution is -0.131. The molecule has 2 heterocycles. The van der Waals surface area contributed by atoms with Gasteiger partial charge in [0.1, 0.15) is 0 Å². The number of pyridine rings is 1. The Bertz CT molecular complexity index is 1150. The highest BCUT2D eigenvalue weighted by molar-refractivity contribution is 6.09. The van der Waals surface area contributed by atoms with Crippen molar-refractivity contribution >= 4 is 23.4 Å². The van der Waals surface area contributed by atoms with Crippen LogP contribution in [-0.2, 0) is 17.9 Å². The fourth-order valence-corrected chi connectivity index (χ4v) is 3.92. The second-order valence-electron chi connectivity index (χ2n) is 8.07. The summed E-state index contributed by atoms with van der Waals surface area (Å²) in [5.74, 6) is -0.510. The summed E-state index contributed by atoms with van der Waals surface area (Å²) >= 11 is 0. The third-order valence-corrected chi connectivity index (χ3v) is 5.74. The summed E-state index contributed by atoms with van der Waals surface area (Å²) in [6, 6.07) is 16.6. The Morgan fingerprint density at radius 2 is 1.61 bits per heavy atom. The molecule has 7 nitrogen and oxygen atoms in total. The van der Waals surface area contributed by atoms with Crippen LogP contribution in [0.4, 0.5) is 5.69 Å². The number of nitrogens with one attached hydrogen (secondary N) is 2. The predicted molar refractivity (Wildman–Crippen MR) is 126 cm³/mol. The van der Waals surface area contributed by atoms with Crippen molar-refractivity contribution in [3.63, 3.8) is 0 Å². The normalized spacial score (nSPS) is 12.2. The molecule has 3 aromatic rings. The van der Waals surface area contributed by atoms with Crippen molar-refractivity contribution in [2.45, 2.75) is 32.9 Å². The molecule has 2 N–H and O–H groups in total. The van der Waals surface area contributed by atoms with Crippen LogP contribution < -0.4 is 10.6 Å². The van der Waals surface area contributed by atoms with Crippen LogP contribution >= 0.6 is 0 Å². The number of anilines is 1. The summed E-state index contributed by atoms with van der Waals surface area (Å²) in [4.78, 5) is 43.7. The molecule has 0 fully saturated rings. The van der Waals surface area contributed by atoms with Gasteiger partial charge in [0.05, 0.1) is 11.3 Å². The zero-order valence-corrected chi connectivity index (χ0v) is 18.5. The highest BCUT2D eigenvalue weighted by atomic mass is 16.2. The average Bonchev–Trinajstić information content (AvgIpc) is 3.28. The number of amides is 3. The molecule has 0 radical (unpaired) electrons. The van der Waals surface area contributed by atoms with E-state index >= 15 is 0 Å². The van der Waals surface area contributed by atoms with E-state index in [0.717, 1.165) is 5.56 Å². The maximum absolute atomic E-state index is 12.8. The van der Waals surface area contributed by atoms with Gasteiger partial charge in [-0.25, -0.2) is 0 Å². The monoisotopic (exact) mass is 442 g/mol. The maximum Gasteiger partial charge on any atom is 0.255 e. The van der Waals surface area contributed by atoms with E-state index in [-0.39, 0.29) is 17.7 Å². The summed E-state index contributed by atoms with van der Waals surface area (Å²) in [5.41, 5.74) is 4.50. The molecule has 0 spiro atoms. The van der Waals surface area contributed by atoms with Crippen LogP contribution in [0.5, 0.6) is 0 Å². The smallest absolute Gasteiger partial charge is 0.255 e. The standard InChI is InChI=1S/C26H26N4O3/c1-18-6-4-9-22(24(18)29-25(32)19-11-14-27-15-12-19)26(33)28-13-5-10-23(31)30-16-20-7-2-3-8-21(20)17-30/h2-4,6-9,11-12,14-15H,5,10,13,16-17H2,1H3,(H,28,33)(H,29,32). The van der Waals surface area contributed by atoms with Gasteiger partial charge >= 0.3 is 0 Å². The number of aromatic nitrogens is 1. The van der Waals surface area contributed by atoms with Gasteiger partial charge in [-0.3, -0.25) is 19.4 Å². The first-order chi connectivity index (χ1) is 16.0. The van der Waals surface area contributed by atoms with Gasteiger partial charge in [0.2, 0.25) is 5.91 Å². The number of para-hydroxylation sites is 1. The molecule has 7 heteroatoms. The van der Waals surface area contributed by atoms with E-state index in [1.807, 2.05) is 30.0 Å². The molecule has 0 saturated heterocycles. The number of carbonyl (C=O) groups is 3. The summed E-state index contributed by atoms with van der Waals surface area (Å²) < 4.78 is 0. The lowest BCUT2D eigenvalue weighted by Crippen LogP contribution is -2.29. The minimum absolute atomic E-state index is 0.0845. The largest absolute Gasteiger partial charge is 0.352 e. The lowest BCUT2D eigenvalue weighted by Gasteiger charge is -2.16. The molecular formula is C26H26N4O3. The molecule has 168 valence electrons. The Hall–Kier alpha value is -4.00. The zero-order valence-electron chi connectivity index (χ0n) is 18.5. The van der Waals surface area contributed by atoms with Gasteiger partial charge in [-0.05, 0) is 48.2 Å². The highest BCUT2D eigenvalue weighted by Crippen LogP contribution is 2.23. The molecule has 0 atom stereocenters. The number of hydrogen-bond acceptors (Lipinski definition) is 4. The average molecular weight is 443 g/mol. The fourth-order valence-electron chi connectivity index (χ4n) is 3.92. The molecule has 33 heavy (non-hydrogen) atoms. The number of hydrogen-bond donors (Lipinski definition) is 2. The van der Waals surface area contributed by atoms with Crippen molar-refractivity contribution in [2.75, 3.05) is 11.9 Å². The molecule has 2 aromatic carbocycles. The van der Waals surface area contributed by atoms with Gasteiger partial charge in [0.15, 0.2) is 0 Å². The molecule has 1 aliphatic heterocycles. The Morgan fingerprint density at radius 1 is 0.909 bits per heavy atom. The van der Waals surface area contributed by atoms with Gasteiger partial charge in [-0.15, -0.1) is 0 Å². The van der Waals surface area contributed by atoms with E-state index in [9.17, 15) is 14.4 Å². The van der Waals surface area contributed by atoms with Crippen LogP contribution in [0.25, 0.3) is 0 Å². The minimum Gasteiger partial charge on any atom is -0.352 e. The van der Waals surface area contributed by atoms with Gasteiger partial charge in [0, 0.05) is 44.0 Å². The van der Waals surface area contributed by atoms with Crippen molar-refractivity contribution in [1.82, 2.24) is 15.2 Å². The molecule has 3 amide bonds. The third-order valence-electron chi connectivity index (χ3n) is 5.74. The molecule has 1 aliphatic rings. The number of fused-ring (bicyclic) bond motifs is 1. The van der Waals surface area contributed by atoms with Crippen LogP contribution in [0.3, 0.4) is 0 Å². The highest BCUT2D eigenvalue weighted by Gasteiger charge is 2.22. The van der Waals surface area contributed by atoms with Crippen LogP contribution in [-0.4, -0.2) is 34.2 Å². The minimum atomic E-state index is -0.307. The van der Waals surface area contributed by atoms with Crippen LogP contribution in [0, 0.1) is 6.92 Å². The van der Waals surface area contributed by atoms with Crippen LogP contribution in [0.15, 0.2) is 67.0 Å². The molecule has 1 aromatic heterocycles. The predicted octanol–water partition coefficient (Wildman–Crippen LogP) is 3.69. The lowest BCUT2D eigenvalue weighted by atomic mass is 10.1. The van der Waals surface area contributed by atoms with E-state index in [2.05, 4.69) is 27.8 Å². The maximum atomic E-state index is 12.8. The van der Waals surface area contributed by atoms with Crippen LogP contribution in [0.2, 0.25) is 0 Å². The van der Waals surface area contributed by atoms with E-state index in [1.54, 1.807) is 36.7 Å². The van der Waals surface area contributed by atoms with Gasteiger partial charge in [-0.2, -0.15) is 0 Å². The van der Waals surface area contributed by atoms with Crippen molar-refractivity contribution in [3.05, 3.63) is 94.8 Å². The Morgan fingerprint density at radius 3 is 2.30 bits per heavy atom. The first-order valence-corrected chi connectivity index (χ1v) is 11.0. The number of nitrogens with zero attached hydrogens (tertiary/aromatic N) is 2. The third kappa shape index (κ3) is 5.26.